The van der Waals surface area contributed by atoms with Gasteiger partial charge in [-0.15, -0.1) is 0 Å². The summed E-state index contributed by atoms with van der Waals surface area (Å²) in [6.45, 7) is 13.3. The van der Waals surface area contributed by atoms with Gasteiger partial charge in [0.05, 0.1) is 25.2 Å². The summed E-state index contributed by atoms with van der Waals surface area (Å²) < 4.78 is 23.3. The molecule has 0 aromatic heterocycles. The van der Waals surface area contributed by atoms with E-state index in [2.05, 4.69) is 0 Å². The summed E-state index contributed by atoms with van der Waals surface area (Å²) in [6, 6.07) is 0. The molecule has 0 aromatic carbocycles. The Morgan fingerprint density at radius 2 is 1.62 bits per heavy atom. The van der Waals surface area contributed by atoms with Gasteiger partial charge in [-0.05, 0) is 46.0 Å². The summed E-state index contributed by atoms with van der Waals surface area (Å²) in [5.74, 6) is -0.988. The van der Waals surface area contributed by atoms with Crippen LogP contribution >= 0.6 is 0 Å². The van der Waals surface area contributed by atoms with E-state index in [4.69, 9.17) is 18.9 Å². The third-order valence-corrected chi connectivity index (χ3v) is 7.24. The number of carbonyl (C=O) groups excluding carboxylic acids is 2. The molecule has 3 aliphatic rings. The van der Waals surface area contributed by atoms with E-state index in [1.54, 1.807) is 0 Å². The average molecular weight is 413 g/mol. The second kappa shape index (κ2) is 7.59. The van der Waals surface area contributed by atoms with Crippen LogP contribution in [-0.2, 0) is 28.5 Å². The molecule has 0 aromatic rings. The molecular weight excluding hydrogens is 376 g/mol. The minimum Gasteiger partial charge on any atom is -0.457 e. The standard InChI is InChI=1S/C22H36O7/c1-12(2)28-14-10-26-17-15(11-27-16(14)17)29-18(23)13-8-9-22(7,20(13,3)4)19(24)21(5,6)25/h12-17,25H,8-11H2,1-7H3/t13-,14+,15-,16-,17-,22+/m1/s1. The summed E-state index contributed by atoms with van der Waals surface area (Å²) in [5.41, 5.74) is -2.88. The quantitative estimate of drug-likeness (QED) is 0.669. The monoisotopic (exact) mass is 412 g/mol. The van der Waals surface area contributed by atoms with Crippen LogP contribution in [0.1, 0.15) is 61.3 Å². The normalized spacial score (nSPS) is 39.0. The van der Waals surface area contributed by atoms with Crippen molar-refractivity contribution in [3.8, 4) is 0 Å². The molecule has 0 bridgehead atoms. The number of hydrogen-bond acceptors (Lipinski definition) is 7. The van der Waals surface area contributed by atoms with Crippen molar-refractivity contribution in [2.24, 2.45) is 16.7 Å². The van der Waals surface area contributed by atoms with Crippen LogP contribution in [-0.4, -0.2) is 66.2 Å². The molecule has 0 amide bonds. The lowest BCUT2D eigenvalue weighted by Crippen LogP contribution is -2.51. The first kappa shape index (κ1) is 22.7. The van der Waals surface area contributed by atoms with Gasteiger partial charge in [0, 0.05) is 5.41 Å². The van der Waals surface area contributed by atoms with Gasteiger partial charge < -0.3 is 24.1 Å². The topological polar surface area (TPSA) is 91.3 Å². The first-order valence-electron chi connectivity index (χ1n) is 10.7. The Bertz CT molecular complexity index is 650. The molecule has 166 valence electrons. The maximum Gasteiger partial charge on any atom is 0.309 e. The van der Waals surface area contributed by atoms with Gasteiger partial charge in [0.1, 0.15) is 23.9 Å². The van der Waals surface area contributed by atoms with E-state index < -0.39 is 28.5 Å². The zero-order chi connectivity index (χ0) is 21.8. The predicted molar refractivity (Wildman–Crippen MR) is 105 cm³/mol. The van der Waals surface area contributed by atoms with Crippen molar-refractivity contribution in [1.82, 2.24) is 0 Å². The molecule has 1 N–H and O–H groups in total. The fourth-order valence-corrected chi connectivity index (χ4v) is 5.22. The summed E-state index contributed by atoms with van der Waals surface area (Å²) >= 11 is 0. The van der Waals surface area contributed by atoms with Crippen molar-refractivity contribution >= 4 is 11.8 Å². The third kappa shape index (κ3) is 3.87. The number of carbonyl (C=O) groups is 2. The molecule has 2 heterocycles. The molecule has 0 spiro atoms. The van der Waals surface area contributed by atoms with Crippen LogP contribution < -0.4 is 0 Å². The molecule has 3 rings (SSSR count). The first-order chi connectivity index (χ1) is 13.3. The van der Waals surface area contributed by atoms with E-state index >= 15 is 0 Å². The van der Waals surface area contributed by atoms with Crippen molar-refractivity contribution in [3.05, 3.63) is 0 Å². The van der Waals surface area contributed by atoms with Crippen LogP contribution in [0.15, 0.2) is 0 Å². The Labute approximate surface area is 173 Å². The third-order valence-electron chi connectivity index (χ3n) is 7.24. The van der Waals surface area contributed by atoms with Crippen LogP contribution in [0.2, 0.25) is 0 Å². The van der Waals surface area contributed by atoms with Gasteiger partial charge in [-0.1, -0.05) is 20.8 Å². The lowest BCUT2D eigenvalue weighted by Gasteiger charge is -2.42. The number of Topliss-reactive ketones (excluding diaryl/α,β-unsaturated/α-hetero) is 1. The highest BCUT2D eigenvalue weighted by molar-refractivity contribution is 5.93. The highest BCUT2D eigenvalue weighted by Crippen LogP contribution is 2.58. The minimum atomic E-state index is -1.44. The van der Waals surface area contributed by atoms with Crippen molar-refractivity contribution in [3.63, 3.8) is 0 Å². The maximum atomic E-state index is 13.1. The molecule has 1 aliphatic carbocycles. The number of ketones is 1. The van der Waals surface area contributed by atoms with E-state index in [1.807, 2.05) is 34.6 Å². The Morgan fingerprint density at radius 1 is 1.07 bits per heavy atom. The Hall–Kier alpha value is -1.02. The van der Waals surface area contributed by atoms with Crippen molar-refractivity contribution in [1.29, 1.82) is 0 Å². The number of fused-ring (bicyclic) bond motifs is 1. The zero-order valence-electron chi connectivity index (χ0n) is 18.7. The summed E-state index contributed by atoms with van der Waals surface area (Å²) in [4.78, 5) is 26.0. The second-order valence-electron chi connectivity index (χ2n) is 10.3. The van der Waals surface area contributed by atoms with E-state index in [-0.39, 0.29) is 42.8 Å². The summed E-state index contributed by atoms with van der Waals surface area (Å²) in [5, 5.41) is 10.3. The number of ether oxygens (including phenoxy) is 4. The van der Waals surface area contributed by atoms with E-state index in [0.29, 0.717) is 19.4 Å². The van der Waals surface area contributed by atoms with Crippen LogP contribution in [0.4, 0.5) is 0 Å². The SMILES string of the molecule is CC(C)O[C@H]1CO[C@H]2[C@@H]1OC[C@H]2OC(=O)[C@H]1CC[C@@](C)(C(=O)C(C)(C)O)C1(C)C. The van der Waals surface area contributed by atoms with E-state index in [1.165, 1.54) is 13.8 Å². The van der Waals surface area contributed by atoms with Gasteiger partial charge in [-0.3, -0.25) is 9.59 Å². The molecule has 7 nitrogen and oxygen atoms in total. The Kier molecular flexibility index (Phi) is 5.93. The lowest BCUT2D eigenvalue weighted by atomic mass is 9.61. The first-order valence-corrected chi connectivity index (χ1v) is 10.7. The molecule has 7 heteroatoms. The average Bonchev–Trinajstić information content (AvgIpc) is 3.22. The largest absolute Gasteiger partial charge is 0.457 e. The van der Waals surface area contributed by atoms with Crippen LogP contribution in [0.3, 0.4) is 0 Å². The van der Waals surface area contributed by atoms with Crippen molar-refractivity contribution in [2.45, 2.75) is 97.4 Å². The maximum absolute atomic E-state index is 13.1. The molecule has 6 atom stereocenters. The van der Waals surface area contributed by atoms with Crippen LogP contribution in [0, 0.1) is 16.7 Å². The molecule has 0 unspecified atom stereocenters. The molecule has 2 aliphatic heterocycles. The van der Waals surface area contributed by atoms with Gasteiger partial charge in [-0.25, -0.2) is 0 Å². The van der Waals surface area contributed by atoms with E-state index in [0.717, 1.165) is 0 Å². The number of aliphatic hydroxyl groups is 1. The molecule has 2 saturated heterocycles. The highest BCUT2D eigenvalue weighted by atomic mass is 16.7. The Balaban J connectivity index is 1.67. The van der Waals surface area contributed by atoms with Gasteiger partial charge in [-0.2, -0.15) is 0 Å². The molecule has 3 fully saturated rings. The fraction of sp³-hybridized carbons (Fsp3) is 0.909. The van der Waals surface area contributed by atoms with Gasteiger partial charge in [0.25, 0.3) is 0 Å². The Morgan fingerprint density at radius 3 is 2.17 bits per heavy atom. The number of esters is 1. The highest BCUT2D eigenvalue weighted by Gasteiger charge is 2.61. The smallest absolute Gasteiger partial charge is 0.309 e. The minimum absolute atomic E-state index is 0.0674. The molecule has 0 radical (unpaired) electrons. The predicted octanol–water partition coefficient (Wildman–Crippen LogP) is 2.27. The van der Waals surface area contributed by atoms with Gasteiger partial charge in [0.15, 0.2) is 11.9 Å². The summed E-state index contributed by atoms with van der Waals surface area (Å²) in [7, 11) is 0. The van der Waals surface area contributed by atoms with E-state index in [9.17, 15) is 14.7 Å². The summed E-state index contributed by atoms with van der Waals surface area (Å²) in [6.07, 6.45) is -0.0222. The molecule has 29 heavy (non-hydrogen) atoms. The molecule has 1 saturated carbocycles. The fourth-order valence-electron chi connectivity index (χ4n) is 5.22. The van der Waals surface area contributed by atoms with Gasteiger partial charge in [0.2, 0.25) is 0 Å². The van der Waals surface area contributed by atoms with Crippen LogP contribution in [0.5, 0.6) is 0 Å². The van der Waals surface area contributed by atoms with Crippen molar-refractivity contribution < 1.29 is 33.6 Å². The lowest BCUT2D eigenvalue weighted by molar-refractivity contribution is -0.166. The second-order valence-corrected chi connectivity index (χ2v) is 10.3. The molecular formula is C22H36O7. The number of hydrogen-bond donors (Lipinski definition) is 1. The van der Waals surface area contributed by atoms with Crippen molar-refractivity contribution in [2.75, 3.05) is 13.2 Å². The van der Waals surface area contributed by atoms with Gasteiger partial charge >= 0.3 is 5.97 Å². The van der Waals surface area contributed by atoms with Crippen LogP contribution in [0.25, 0.3) is 0 Å². The zero-order valence-corrected chi connectivity index (χ0v) is 18.7. The number of rotatable bonds is 6.